The van der Waals surface area contributed by atoms with Crippen LogP contribution in [0.4, 0.5) is 4.79 Å². The summed E-state index contributed by atoms with van der Waals surface area (Å²) in [6.45, 7) is 5.50. The van der Waals surface area contributed by atoms with Crippen molar-refractivity contribution < 1.29 is 9.53 Å². The van der Waals surface area contributed by atoms with Gasteiger partial charge in [-0.1, -0.05) is 34.2 Å². The van der Waals surface area contributed by atoms with Crippen molar-refractivity contribution in [3.63, 3.8) is 0 Å². The number of carbonyl (C=O) groups is 1. The number of rotatable bonds is 2. The molecule has 0 atom stereocenters. The molecule has 0 unspecified atom stereocenters. The number of ether oxygens (including phenoxy) is 1. The predicted octanol–water partition coefficient (Wildman–Crippen LogP) is 3.66. The van der Waals surface area contributed by atoms with E-state index in [4.69, 9.17) is 4.74 Å². The van der Waals surface area contributed by atoms with Crippen molar-refractivity contribution in [3.8, 4) is 0 Å². The molecule has 1 aliphatic heterocycles. The summed E-state index contributed by atoms with van der Waals surface area (Å²) in [6.07, 6.45) is 11.3. The van der Waals surface area contributed by atoms with E-state index in [1.165, 1.54) is 5.57 Å². The maximum Gasteiger partial charge on any atom is 0.413 e. The molecule has 2 rings (SSSR count). The number of hydrogen-bond acceptors (Lipinski definition) is 3. The van der Waals surface area contributed by atoms with E-state index in [0.717, 1.165) is 16.6 Å². The first kappa shape index (κ1) is 15.6. The van der Waals surface area contributed by atoms with Crippen molar-refractivity contribution in [3.05, 3.63) is 59.1 Å². The molecule has 0 radical (unpaired) electrons. The molecule has 5 heteroatoms. The van der Waals surface area contributed by atoms with Crippen molar-refractivity contribution in [2.24, 2.45) is 0 Å². The molecule has 0 bridgehead atoms. The lowest BCUT2D eigenvalue weighted by molar-refractivity contribution is 0.0543. The van der Waals surface area contributed by atoms with Crippen molar-refractivity contribution in [1.82, 2.24) is 10.6 Å². The number of amides is 1. The van der Waals surface area contributed by atoms with Crippen LogP contribution in [0.5, 0.6) is 0 Å². The first-order valence-electron chi connectivity index (χ1n) is 6.72. The van der Waals surface area contributed by atoms with Gasteiger partial charge in [-0.15, -0.1) is 0 Å². The van der Waals surface area contributed by atoms with Crippen LogP contribution in [0.3, 0.4) is 0 Å². The summed E-state index contributed by atoms with van der Waals surface area (Å²) in [6, 6.07) is 0. The van der Waals surface area contributed by atoms with Gasteiger partial charge in [-0.05, 0) is 44.6 Å². The number of hydrogen-bond donors (Lipinski definition) is 2. The number of nitrogens with one attached hydrogen (secondary N) is 2. The highest BCUT2D eigenvalue weighted by molar-refractivity contribution is 9.09. The van der Waals surface area contributed by atoms with Crippen LogP contribution in [0, 0.1) is 0 Å². The maximum atomic E-state index is 11.8. The van der Waals surface area contributed by atoms with Crippen molar-refractivity contribution in [2.75, 3.05) is 5.33 Å². The number of fused-ring (bicyclic) bond motifs is 1. The first-order chi connectivity index (χ1) is 9.89. The zero-order valence-corrected chi connectivity index (χ0v) is 14.0. The van der Waals surface area contributed by atoms with Crippen LogP contribution < -0.4 is 10.6 Å². The van der Waals surface area contributed by atoms with Crippen LogP contribution >= 0.6 is 15.9 Å². The van der Waals surface area contributed by atoms with Gasteiger partial charge in [0.2, 0.25) is 0 Å². The summed E-state index contributed by atoms with van der Waals surface area (Å²) in [5, 5.41) is 6.68. The molecule has 0 aromatic heterocycles. The predicted molar refractivity (Wildman–Crippen MR) is 87.8 cm³/mol. The number of alkyl halides is 1. The summed E-state index contributed by atoms with van der Waals surface area (Å²) in [4.78, 5) is 11.8. The van der Waals surface area contributed by atoms with E-state index in [1.54, 1.807) is 0 Å². The number of dihydropyridines is 1. The molecule has 0 spiro atoms. The summed E-state index contributed by atoms with van der Waals surface area (Å²) in [7, 11) is 0. The zero-order valence-electron chi connectivity index (χ0n) is 12.4. The highest BCUT2D eigenvalue weighted by Gasteiger charge is 2.20. The third-order valence-corrected chi connectivity index (χ3v) is 3.38. The van der Waals surface area contributed by atoms with Gasteiger partial charge in [0.15, 0.2) is 0 Å². The average Bonchev–Trinajstić information content (AvgIpc) is 2.57. The molecule has 0 saturated carbocycles. The third-order valence-electron chi connectivity index (χ3n) is 2.77. The molecule has 112 valence electrons. The maximum absolute atomic E-state index is 11.8. The lowest BCUT2D eigenvalue weighted by Gasteiger charge is -2.24. The standard InChI is InChI=1S/C16H19BrN2O2/c1-16(2,3)21-15(20)19-14-9-8-12-11(10-17)6-4-5-7-13(12)18-14/h4-9,18H,10H2,1-3H3,(H,19,20). The second-order valence-corrected chi connectivity index (χ2v) is 6.26. The second-order valence-electron chi connectivity index (χ2n) is 5.70. The Balaban J connectivity index is 2.13. The summed E-state index contributed by atoms with van der Waals surface area (Å²) < 4.78 is 5.24. The second kappa shape index (κ2) is 6.35. The molecule has 0 fully saturated rings. The van der Waals surface area contributed by atoms with Crippen LogP contribution in [0.15, 0.2) is 59.1 Å². The van der Waals surface area contributed by atoms with Gasteiger partial charge in [-0.3, -0.25) is 5.32 Å². The minimum absolute atomic E-state index is 0.473. The van der Waals surface area contributed by atoms with Gasteiger partial charge >= 0.3 is 6.09 Å². The van der Waals surface area contributed by atoms with E-state index in [-0.39, 0.29) is 0 Å². The molecule has 1 amide bonds. The van der Waals surface area contributed by atoms with E-state index in [9.17, 15) is 4.79 Å². The van der Waals surface area contributed by atoms with Gasteiger partial charge in [-0.25, -0.2) is 4.79 Å². The van der Waals surface area contributed by atoms with E-state index < -0.39 is 11.7 Å². The summed E-state index contributed by atoms with van der Waals surface area (Å²) in [5.74, 6) is 0.600. The Morgan fingerprint density at radius 3 is 2.62 bits per heavy atom. The molecule has 4 nitrogen and oxygen atoms in total. The van der Waals surface area contributed by atoms with Gasteiger partial charge in [0.25, 0.3) is 0 Å². The van der Waals surface area contributed by atoms with Crippen molar-refractivity contribution >= 4 is 22.0 Å². The van der Waals surface area contributed by atoms with Gasteiger partial charge in [0.05, 0.1) is 0 Å². The normalized spacial score (nSPS) is 17.3. The molecular weight excluding hydrogens is 332 g/mol. The Morgan fingerprint density at radius 2 is 1.95 bits per heavy atom. The van der Waals surface area contributed by atoms with E-state index >= 15 is 0 Å². The number of alkyl carbamates (subject to hydrolysis) is 1. The van der Waals surface area contributed by atoms with Gasteiger partial charge in [0, 0.05) is 16.6 Å². The Labute approximate surface area is 133 Å². The lowest BCUT2D eigenvalue weighted by Crippen LogP contribution is -2.37. The van der Waals surface area contributed by atoms with Crippen molar-refractivity contribution in [2.45, 2.75) is 26.4 Å². The number of halogens is 1. The Morgan fingerprint density at radius 1 is 1.24 bits per heavy atom. The largest absolute Gasteiger partial charge is 0.444 e. The van der Waals surface area contributed by atoms with Gasteiger partial charge in [-0.2, -0.15) is 0 Å². The van der Waals surface area contributed by atoms with E-state index in [0.29, 0.717) is 5.82 Å². The fraction of sp³-hybridized carbons (Fsp3) is 0.312. The molecule has 0 aromatic carbocycles. The molecule has 0 saturated heterocycles. The van der Waals surface area contributed by atoms with E-state index in [1.807, 2.05) is 51.2 Å². The van der Waals surface area contributed by atoms with Crippen LogP contribution in [-0.4, -0.2) is 17.0 Å². The SMILES string of the molecule is CC(C)(C)OC(=O)NC1=CC=C2C(CBr)=CC=CC=C2N1. The summed E-state index contributed by atoms with van der Waals surface area (Å²) >= 11 is 3.49. The number of allylic oxidation sites excluding steroid dienone is 7. The average molecular weight is 351 g/mol. The van der Waals surface area contributed by atoms with Gasteiger partial charge in [0.1, 0.15) is 11.4 Å². The Bertz CT molecular complexity index is 590. The molecule has 2 aliphatic rings. The molecule has 21 heavy (non-hydrogen) atoms. The summed E-state index contributed by atoms with van der Waals surface area (Å²) in [5.41, 5.74) is 2.71. The fourth-order valence-electron chi connectivity index (χ4n) is 1.94. The third kappa shape index (κ3) is 4.36. The zero-order chi connectivity index (χ0) is 15.5. The first-order valence-corrected chi connectivity index (χ1v) is 7.84. The van der Waals surface area contributed by atoms with Crippen LogP contribution in [0.2, 0.25) is 0 Å². The highest BCUT2D eigenvalue weighted by Crippen LogP contribution is 2.25. The fourth-order valence-corrected chi connectivity index (χ4v) is 2.43. The minimum Gasteiger partial charge on any atom is -0.444 e. The quantitative estimate of drug-likeness (QED) is 0.747. The minimum atomic E-state index is -0.517. The molecule has 1 heterocycles. The Hall–Kier alpha value is -1.75. The van der Waals surface area contributed by atoms with Gasteiger partial charge < -0.3 is 10.1 Å². The highest BCUT2D eigenvalue weighted by atomic mass is 79.9. The topological polar surface area (TPSA) is 50.4 Å². The monoisotopic (exact) mass is 350 g/mol. The van der Waals surface area contributed by atoms with Crippen LogP contribution in [-0.2, 0) is 4.74 Å². The molecule has 2 N–H and O–H groups in total. The lowest BCUT2D eigenvalue weighted by atomic mass is 10.0. The number of carbonyl (C=O) groups excluding carboxylic acids is 1. The van der Waals surface area contributed by atoms with Crippen LogP contribution in [0.1, 0.15) is 20.8 Å². The van der Waals surface area contributed by atoms with E-state index in [2.05, 4.69) is 32.6 Å². The smallest absolute Gasteiger partial charge is 0.413 e. The molecule has 1 aliphatic carbocycles. The van der Waals surface area contributed by atoms with Crippen LogP contribution in [0.25, 0.3) is 0 Å². The van der Waals surface area contributed by atoms with Crippen molar-refractivity contribution in [1.29, 1.82) is 0 Å². The molecule has 0 aromatic rings. The Kier molecular flexibility index (Phi) is 4.73. The molecular formula is C16H19BrN2O2.